The zero-order chi connectivity index (χ0) is 11.8. The molecule has 1 aromatic heterocycles. The molecule has 1 aromatic rings. The zero-order valence-electron chi connectivity index (χ0n) is 10.6. The first kappa shape index (κ1) is 13.0. The van der Waals surface area contributed by atoms with Crippen molar-refractivity contribution in [3.63, 3.8) is 0 Å². The largest absolute Gasteiger partial charge is 0.380 e. The van der Waals surface area contributed by atoms with Crippen molar-refractivity contribution in [2.45, 2.75) is 39.7 Å². The zero-order valence-corrected chi connectivity index (χ0v) is 10.6. The van der Waals surface area contributed by atoms with Crippen molar-refractivity contribution in [3.05, 3.63) is 12.4 Å². The lowest BCUT2D eigenvalue weighted by Crippen LogP contribution is -2.15. The summed E-state index contributed by atoms with van der Waals surface area (Å²) in [6.45, 7) is 8.82. The van der Waals surface area contributed by atoms with E-state index in [-0.39, 0.29) is 0 Å². The van der Waals surface area contributed by atoms with Gasteiger partial charge < -0.3 is 14.6 Å². The average molecular weight is 225 g/mol. The van der Waals surface area contributed by atoms with Crippen LogP contribution >= 0.6 is 0 Å². The van der Waals surface area contributed by atoms with Gasteiger partial charge in [0, 0.05) is 25.5 Å². The molecule has 0 amide bonds. The minimum Gasteiger partial charge on any atom is -0.380 e. The standard InChI is InChI=1S/C12H23N3O/c1-4-6-7-13-12-14-8-9-15(12)11(3)10-16-5-2/h8-9,11H,4-7,10H2,1-3H3,(H,13,14). The lowest BCUT2D eigenvalue weighted by atomic mass is 10.3. The second-order valence-corrected chi connectivity index (χ2v) is 3.95. The Labute approximate surface area is 98.0 Å². The maximum absolute atomic E-state index is 5.42. The molecule has 0 saturated carbocycles. The maximum Gasteiger partial charge on any atom is 0.203 e. The highest BCUT2D eigenvalue weighted by atomic mass is 16.5. The molecule has 16 heavy (non-hydrogen) atoms. The van der Waals surface area contributed by atoms with Gasteiger partial charge >= 0.3 is 0 Å². The van der Waals surface area contributed by atoms with Crippen LogP contribution in [-0.2, 0) is 4.74 Å². The molecule has 0 bridgehead atoms. The first-order valence-electron chi connectivity index (χ1n) is 6.14. The summed E-state index contributed by atoms with van der Waals surface area (Å²) in [4.78, 5) is 4.31. The average Bonchev–Trinajstić information content (AvgIpc) is 2.74. The lowest BCUT2D eigenvalue weighted by molar-refractivity contribution is 0.119. The van der Waals surface area contributed by atoms with E-state index in [4.69, 9.17) is 4.74 Å². The number of hydrogen-bond donors (Lipinski definition) is 1. The molecule has 0 saturated heterocycles. The number of anilines is 1. The van der Waals surface area contributed by atoms with E-state index in [0.717, 1.165) is 25.7 Å². The van der Waals surface area contributed by atoms with Crippen molar-refractivity contribution in [3.8, 4) is 0 Å². The highest BCUT2D eigenvalue weighted by Crippen LogP contribution is 2.13. The normalized spacial score (nSPS) is 12.7. The molecule has 0 spiro atoms. The van der Waals surface area contributed by atoms with E-state index in [1.807, 2.05) is 19.3 Å². The van der Waals surface area contributed by atoms with Gasteiger partial charge in [0.2, 0.25) is 5.95 Å². The van der Waals surface area contributed by atoms with E-state index >= 15 is 0 Å². The highest BCUT2D eigenvalue weighted by Gasteiger charge is 2.08. The Morgan fingerprint density at radius 1 is 1.50 bits per heavy atom. The van der Waals surface area contributed by atoms with Crippen LogP contribution in [0.15, 0.2) is 12.4 Å². The van der Waals surface area contributed by atoms with Crippen LogP contribution in [0.1, 0.15) is 39.7 Å². The number of nitrogens with zero attached hydrogens (tertiary/aromatic N) is 2. The summed E-state index contributed by atoms with van der Waals surface area (Å²) in [5, 5.41) is 3.35. The Hall–Kier alpha value is -1.03. The monoisotopic (exact) mass is 225 g/mol. The highest BCUT2D eigenvalue weighted by molar-refractivity contribution is 5.26. The van der Waals surface area contributed by atoms with Gasteiger partial charge in [-0.1, -0.05) is 13.3 Å². The van der Waals surface area contributed by atoms with E-state index in [2.05, 4.69) is 28.7 Å². The second kappa shape index (κ2) is 7.28. The third-order valence-corrected chi connectivity index (χ3v) is 2.52. The molecule has 0 aliphatic rings. The molecule has 1 heterocycles. The molecule has 92 valence electrons. The molecule has 1 rings (SSSR count). The van der Waals surface area contributed by atoms with Gasteiger partial charge in [-0.25, -0.2) is 4.98 Å². The summed E-state index contributed by atoms with van der Waals surface area (Å²) in [5.41, 5.74) is 0. The van der Waals surface area contributed by atoms with Crippen molar-refractivity contribution in [1.82, 2.24) is 9.55 Å². The molecule has 0 aliphatic heterocycles. The van der Waals surface area contributed by atoms with Crippen molar-refractivity contribution < 1.29 is 4.74 Å². The molecule has 1 atom stereocenters. The first-order valence-corrected chi connectivity index (χ1v) is 6.14. The van der Waals surface area contributed by atoms with Gasteiger partial charge in [0.05, 0.1) is 12.6 Å². The molecule has 1 unspecified atom stereocenters. The van der Waals surface area contributed by atoms with E-state index in [1.165, 1.54) is 12.8 Å². The van der Waals surface area contributed by atoms with E-state index in [0.29, 0.717) is 6.04 Å². The fourth-order valence-corrected chi connectivity index (χ4v) is 1.55. The minimum atomic E-state index is 0.326. The van der Waals surface area contributed by atoms with Crippen molar-refractivity contribution in [1.29, 1.82) is 0 Å². The van der Waals surface area contributed by atoms with Gasteiger partial charge in [-0.2, -0.15) is 0 Å². The van der Waals surface area contributed by atoms with Crippen LogP contribution in [0.25, 0.3) is 0 Å². The minimum absolute atomic E-state index is 0.326. The number of ether oxygens (including phenoxy) is 1. The SMILES string of the molecule is CCCCNc1nccn1C(C)COCC. The summed E-state index contributed by atoms with van der Waals surface area (Å²) in [5.74, 6) is 0.945. The molecule has 4 nitrogen and oxygen atoms in total. The van der Waals surface area contributed by atoms with Crippen molar-refractivity contribution in [2.75, 3.05) is 25.1 Å². The van der Waals surface area contributed by atoms with Crippen LogP contribution in [0.4, 0.5) is 5.95 Å². The predicted octanol–water partition coefficient (Wildman–Crippen LogP) is 2.69. The van der Waals surface area contributed by atoms with Crippen molar-refractivity contribution in [2.24, 2.45) is 0 Å². The Balaban J connectivity index is 2.48. The fourth-order valence-electron chi connectivity index (χ4n) is 1.55. The Kier molecular flexibility index (Phi) is 5.93. The summed E-state index contributed by atoms with van der Waals surface area (Å²) in [6.07, 6.45) is 6.20. The van der Waals surface area contributed by atoms with Crippen molar-refractivity contribution >= 4 is 5.95 Å². The molecule has 0 aromatic carbocycles. The van der Waals surface area contributed by atoms with Gasteiger partial charge in [0.1, 0.15) is 0 Å². The number of imidazole rings is 1. The fraction of sp³-hybridized carbons (Fsp3) is 0.750. The third-order valence-electron chi connectivity index (χ3n) is 2.52. The van der Waals surface area contributed by atoms with Gasteiger partial charge in [-0.3, -0.25) is 0 Å². The van der Waals surface area contributed by atoms with Gasteiger partial charge in [0.25, 0.3) is 0 Å². The smallest absolute Gasteiger partial charge is 0.203 e. The Bertz CT molecular complexity index is 286. The van der Waals surface area contributed by atoms with Gasteiger partial charge in [0.15, 0.2) is 0 Å². The number of rotatable bonds is 8. The number of hydrogen-bond acceptors (Lipinski definition) is 3. The predicted molar refractivity (Wildman–Crippen MR) is 66.8 cm³/mol. The second-order valence-electron chi connectivity index (χ2n) is 3.95. The third kappa shape index (κ3) is 3.85. The Morgan fingerprint density at radius 3 is 3.00 bits per heavy atom. The summed E-state index contributed by atoms with van der Waals surface area (Å²) in [7, 11) is 0. The van der Waals surface area contributed by atoms with Crippen LogP contribution in [0.5, 0.6) is 0 Å². The molecule has 4 heteroatoms. The maximum atomic E-state index is 5.42. The number of aromatic nitrogens is 2. The molecular weight excluding hydrogens is 202 g/mol. The van der Waals surface area contributed by atoms with Gasteiger partial charge in [-0.05, 0) is 20.3 Å². The molecule has 0 fully saturated rings. The lowest BCUT2D eigenvalue weighted by Gasteiger charge is -2.16. The Morgan fingerprint density at radius 2 is 2.31 bits per heavy atom. The van der Waals surface area contributed by atoms with Crippen LogP contribution in [-0.4, -0.2) is 29.3 Å². The van der Waals surface area contributed by atoms with E-state index < -0.39 is 0 Å². The summed E-state index contributed by atoms with van der Waals surface area (Å²) >= 11 is 0. The molecule has 0 radical (unpaired) electrons. The summed E-state index contributed by atoms with van der Waals surface area (Å²) in [6, 6.07) is 0.326. The van der Waals surface area contributed by atoms with Crippen LogP contribution < -0.4 is 5.32 Å². The van der Waals surface area contributed by atoms with E-state index in [1.54, 1.807) is 0 Å². The van der Waals surface area contributed by atoms with Crippen LogP contribution in [0.2, 0.25) is 0 Å². The molecule has 0 aliphatic carbocycles. The quantitative estimate of drug-likeness (QED) is 0.691. The number of nitrogens with one attached hydrogen (secondary N) is 1. The van der Waals surface area contributed by atoms with Gasteiger partial charge in [-0.15, -0.1) is 0 Å². The number of unbranched alkanes of at least 4 members (excludes halogenated alkanes) is 1. The first-order chi connectivity index (χ1) is 7.79. The van der Waals surface area contributed by atoms with Crippen LogP contribution in [0, 0.1) is 0 Å². The molecular formula is C12H23N3O. The summed E-state index contributed by atoms with van der Waals surface area (Å²) < 4.78 is 7.55. The topological polar surface area (TPSA) is 39.1 Å². The van der Waals surface area contributed by atoms with Crippen LogP contribution in [0.3, 0.4) is 0 Å². The van der Waals surface area contributed by atoms with E-state index in [9.17, 15) is 0 Å². The molecule has 1 N–H and O–H groups in total.